The number of carbonyl (C=O) groups is 1. The van der Waals surface area contributed by atoms with Crippen molar-refractivity contribution in [3.05, 3.63) is 69.0 Å². The van der Waals surface area contributed by atoms with E-state index in [1.54, 1.807) is 19.2 Å². The SMILES string of the molecule is Cc1nnccc1[C@H](C)NC(=O)Cc1c(C)c2cc(F)ccc2[nH]c1=O.[HH].[HH]. The smallest absolute Gasteiger partial charge is 0.252 e. The molecular formula is C19H23FN4O2. The van der Waals surface area contributed by atoms with Gasteiger partial charge in [0.1, 0.15) is 5.82 Å². The van der Waals surface area contributed by atoms with Crippen LogP contribution < -0.4 is 10.9 Å². The Bertz CT molecular complexity index is 1060. The van der Waals surface area contributed by atoms with Gasteiger partial charge in [-0.1, -0.05) is 0 Å². The maximum Gasteiger partial charge on any atom is 0.252 e. The van der Waals surface area contributed by atoms with Crippen LogP contribution in [0.25, 0.3) is 10.9 Å². The number of amides is 1. The van der Waals surface area contributed by atoms with Crippen LogP contribution in [0, 0.1) is 19.7 Å². The molecule has 2 N–H and O–H groups in total. The molecule has 0 spiro atoms. The topological polar surface area (TPSA) is 87.7 Å². The number of aromatic nitrogens is 3. The van der Waals surface area contributed by atoms with E-state index in [-0.39, 0.29) is 26.8 Å². The molecular weight excluding hydrogens is 335 g/mol. The molecule has 2 heterocycles. The van der Waals surface area contributed by atoms with Crippen LogP contribution >= 0.6 is 0 Å². The number of halogens is 1. The fourth-order valence-electron chi connectivity index (χ4n) is 3.08. The monoisotopic (exact) mass is 358 g/mol. The minimum atomic E-state index is -0.391. The fraction of sp³-hybridized carbons (Fsp3) is 0.263. The quantitative estimate of drug-likeness (QED) is 0.750. The molecule has 0 unspecified atom stereocenters. The molecule has 1 aromatic carbocycles. The maximum absolute atomic E-state index is 13.5. The van der Waals surface area contributed by atoms with Gasteiger partial charge in [0.25, 0.3) is 5.56 Å². The van der Waals surface area contributed by atoms with Gasteiger partial charge in [0.05, 0.1) is 18.2 Å². The zero-order valence-corrected chi connectivity index (χ0v) is 14.8. The molecule has 3 aromatic rings. The van der Waals surface area contributed by atoms with Crippen LogP contribution in [-0.2, 0) is 11.2 Å². The maximum atomic E-state index is 13.5. The van der Waals surface area contributed by atoms with Crippen molar-refractivity contribution in [3.8, 4) is 0 Å². The Kier molecular flexibility index (Phi) is 4.79. The van der Waals surface area contributed by atoms with Gasteiger partial charge < -0.3 is 10.3 Å². The number of nitrogens with zero attached hydrogens (tertiary/aromatic N) is 2. The molecule has 0 aliphatic heterocycles. The third-order valence-electron chi connectivity index (χ3n) is 4.49. The lowest BCUT2D eigenvalue weighted by molar-refractivity contribution is -0.121. The first-order valence-corrected chi connectivity index (χ1v) is 8.25. The lowest BCUT2D eigenvalue weighted by Gasteiger charge is -2.16. The van der Waals surface area contributed by atoms with Gasteiger partial charge in [-0.25, -0.2) is 4.39 Å². The van der Waals surface area contributed by atoms with Crippen molar-refractivity contribution in [2.24, 2.45) is 0 Å². The highest BCUT2D eigenvalue weighted by molar-refractivity contribution is 5.85. The minimum absolute atomic E-state index is 0. The number of H-pyrrole nitrogens is 1. The lowest BCUT2D eigenvalue weighted by Crippen LogP contribution is -2.31. The molecule has 6 nitrogen and oxygen atoms in total. The first-order valence-electron chi connectivity index (χ1n) is 8.25. The van der Waals surface area contributed by atoms with Crippen molar-refractivity contribution in [1.29, 1.82) is 0 Å². The Morgan fingerprint density at radius 2 is 2.12 bits per heavy atom. The van der Waals surface area contributed by atoms with Crippen molar-refractivity contribution in [3.63, 3.8) is 0 Å². The number of hydrogen-bond donors (Lipinski definition) is 2. The Balaban J connectivity index is 0.00000196. The molecule has 0 fully saturated rings. The molecule has 1 atom stereocenters. The number of benzene rings is 1. The van der Waals surface area contributed by atoms with E-state index in [0.29, 0.717) is 22.0 Å². The zero-order chi connectivity index (χ0) is 18.8. The number of nitrogens with one attached hydrogen (secondary N) is 2. The van der Waals surface area contributed by atoms with Crippen LogP contribution in [0.15, 0.2) is 35.3 Å². The first kappa shape index (κ1) is 17.7. The zero-order valence-electron chi connectivity index (χ0n) is 14.8. The van der Waals surface area contributed by atoms with E-state index < -0.39 is 5.82 Å². The number of rotatable bonds is 4. The van der Waals surface area contributed by atoms with Gasteiger partial charge in [-0.3, -0.25) is 9.59 Å². The second kappa shape index (κ2) is 7.03. The summed E-state index contributed by atoms with van der Waals surface area (Å²) < 4.78 is 13.5. The van der Waals surface area contributed by atoms with Crippen LogP contribution in [0.5, 0.6) is 0 Å². The van der Waals surface area contributed by atoms with Crippen LogP contribution in [0.4, 0.5) is 4.39 Å². The van der Waals surface area contributed by atoms with E-state index in [4.69, 9.17) is 0 Å². The predicted octanol–water partition coefficient (Wildman–Crippen LogP) is 2.99. The van der Waals surface area contributed by atoms with E-state index in [1.165, 1.54) is 18.2 Å². The second-order valence-electron chi connectivity index (χ2n) is 6.29. The fourth-order valence-corrected chi connectivity index (χ4v) is 3.08. The van der Waals surface area contributed by atoms with Crippen LogP contribution in [0.3, 0.4) is 0 Å². The first-order chi connectivity index (χ1) is 12.4. The van der Waals surface area contributed by atoms with Crippen molar-refractivity contribution in [2.75, 3.05) is 0 Å². The van der Waals surface area contributed by atoms with Gasteiger partial charge in [0, 0.05) is 25.5 Å². The van der Waals surface area contributed by atoms with Gasteiger partial charge >= 0.3 is 0 Å². The van der Waals surface area contributed by atoms with Gasteiger partial charge in [-0.05, 0) is 56.2 Å². The molecule has 26 heavy (non-hydrogen) atoms. The summed E-state index contributed by atoms with van der Waals surface area (Å²) in [5, 5.41) is 11.2. The molecule has 138 valence electrons. The van der Waals surface area contributed by atoms with Crippen LogP contribution in [0.2, 0.25) is 0 Å². The molecule has 0 aliphatic rings. The Labute approximate surface area is 152 Å². The predicted molar refractivity (Wildman–Crippen MR) is 101 cm³/mol. The highest BCUT2D eigenvalue weighted by Crippen LogP contribution is 2.19. The summed E-state index contributed by atoms with van der Waals surface area (Å²) in [6, 6.07) is 5.69. The van der Waals surface area contributed by atoms with Gasteiger partial charge in [-0.2, -0.15) is 10.2 Å². The summed E-state index contributed by atoms with van der Waals surface area (Å²) in [5.74, 6) is -0.685. The van der Waals surface area contributed by atoms with E-state index in [2.05, 4.69) is 20.5 Å². The third kappa shape index (κ3) is 3.46. The largest absolute Gasteiger partial charge is 0.349 e. The number of hydrogen-bond acceptors (Lipinski definition) is 4. The second-order valence-corrected chi connectivity index (χ2v) is 6.29. The Hall–Kier alpha value is -3.09. The summed E-state index contributed by atoms with van der Waals surface area (Å²) in [4.78, 5) is 27.5. The van der Waals surface area contributed by atoms with Crippen molar-refractivity contribution < 1.29 is 12.0 Å². The van der Waals surface area contributed by atoms with Gasteiger partial charge in [-0.15, -0.1) is 0 Å². The van der Waals surface area contributed by atoms with Crippen molar-refractivity contribution in [2.45, 2.75) is 33.2 Å². The van der Waals surface area contributed by atoms with Gasteiger partial charge in [0.2, 0.25) is 5.91 Å². The minimum Gasteiger partial charge on any atom is -0.349 e. The van der Waals surface area contributed by atoms with E-state index in [1.807, 2.05) is 13.8 Å². The highest BCUT2D eigenvalue weighted by atomic mass is 19.1. The molecule has 1 amide bonds. The summed E-state index contributed by atoms with van der Waals surface area (Å²) >= 11 is 0. The highest BCUT2D eigenvalue weighted by Gasteiger charge is 2.17. The molecule has 0 bridgehead atoms. The Morgan fingerprint density at radius 1 is 1.35 bits per heavy atom. The normalized spacial score (nSPS) is 12.2. The van der Waals surface area contributed by atoms with E-state index in [0.717, 1.165) is 11.3 Å². The number of fused-ring (bicyclic) bond motifs is 1. The molecule has 2 aromatic heterocycles. The standard InChI is InChI=1S/C19H19FN4O2.2H2/c1-10-15-8-13(20)4-5-17(15)23-19(26)16(10)9-18(25)22-11(2)14-6-7-21-24-12(14)3;;/h4-8,11H,9H2,1-3H3,(H,22,25)(H,23,26);2*1H/t11-;;/m0../s1. The molecule has 0 radical (unpaired) electrons. The number of pyridine rings is 1. The average molecular weight is 358 g/mol. The average Bonchev–Trinajstić information content (AvgIpc) is 2.59. The Morgan fingerprint density at radius 3 is 2.85 bits per heavy atom. The van der Waals surface area contributed by atoms with Crippen molar-refractivity contribution >= 4 is 16.8 Å². The van der Waals surface area contributed by atoms with Crippen LogP contribution in [-0.4, -0.2) is 21.1 Å². The summed E-state index contributed by atoms with van der Waals surface area (Å²) in [5.41, 5.74) is 2.73. The van der Waals surface area contributed by atoms with Gasteiger partial charge in [0.15, 0.2) is 0 Å². The lowest BCUT2D eigenvalue weighted by atomic mass is 10.0. The third-order valence-corrected chi connectivity index (χ3v) is 4.49. The molecule has 3 rings (SSSR count). The number of carbonyl (C=O) groups excluding carboxylic acids is 1. The summed E-state index contributed by atoms with van der Waals surface area (Å²) in [6.45, 7) is 5.38. The molecule has 0 saturated carbocycles. The van der Waals surface area contributed by atoms with E-state index in [9.17, 15) is 14.0 Å². The van der Waals surface area contributed by atoms with E-state index >= 15 is 0 Å². The molecule has 0 aliphatic carbocycles. The number of aryl methyl sites for hydroxylation is 2. The van der Waals surface area contributed by atoms with Crippen LogP contribution in [0.1, 0.15) is 38.2 Å². The summed E-state index contributed by atoms with van der Waals surface area (Å²) in [7, 11) is 0. The number of aromatic amines is 1. The molecule has 7 heteroatoms. The summed E-state index contributed by atoms with van der Waals surface area (Å²) in [6.07, 6.45) is 1.48. The van der Waals surface area contributed by atoms with Crippen molar-refractivity contribution in [1.82, 2.24) is 20.5 Å². The molecule has 0 saturated heterocycles.